The van der Waals surface area contributed by atoms with Crippen LogP contribution in [0.1, 0.15) is 24.0 Å². The van der Waals surface area contributed by atoms with E-state index in [9.17, 15) is 8.78 Å². The van der Waals surface area contributed by atoms with Crippen LogP contribution in [0.15, 0.2) is 66.4 Å². The molecule has 0 bridgehead atoms. The fourth-order valence-corrected chi connectivity index (χ4v) is 5.07. The van der Waals surface area contributed by atoms with Gasteiger partial charge in [-0.1, -0.05) is 6.07 Å². The van der Waals surface area contributed by atoms with Crippen molar-refractivity contribution in [2.75, 3.05) is 11.9 Å². The molecule has 39 heavy (non-hydrogen) atoms. The second-order valence-corrected chi connectivity index (χ2v) is 10.0. The van der Waals surface area contributed by atoms with Crippen LogP contribution in [0.4, 0.5) is 20.3 Å². The summed E-state index contributed by atoms with van der Waals surface area (Å²) in [6.45, 7) is 2.16. The first kappa shape index (κ1) is 23.4. The fourth-order valence-electron chi connectivity index (χ4n) is 5.07. The molecule has 1 spiro atoms. The van der Waals surface area contributed by atoms with E-state index < -0.39 is 11.5 Å². The molecule has 1 fully saturated rings. The summed E-state index contributed by atoms with van der Waals surface area (Å²) in [4.78, 5) is 17.6. The second kappa shape index (κ2) is 8.65. The Kier molecular flexibility index (Phi) is 5.19. The predicted octanol–water partition coefficient (Wildman–Crippen LogP) is 5.05. The standard InChI is InChI=1S/C27H22F2N8O2/c1-16-6-18(3-5-21(16)39-23-9-22-36-33-15-37(22)14-32-23)34-25-19-7-17(2-4-20(19)30-13-31-25)8-24-35-26(12-38-24)10-27(28,29)11-26/h2-7,9,13-15H,8,10-12H2,1H3,(H,30,31,34). The van der Waals surface area contributed by atoms with E-state index in [0.29, 0.717) is 35.4 Å². The van der Waals surface area contributed by atoms with E-state index in [4.69, 9.17) is 9.47 Å². The van der Waals surface area contributed by atoms with Crippen LogP contribution in [-0.2, 0) is 11.2 Å². The number of hydrogen-bond donors (Lipinski definition) is 1. The van der Waals surface area contributed by atoms with Crippen LogP contribution in [0, 0.1) is 6.92 Å². The van der Waals surface area contributed by atoms with E-state index in [1.165, 1.54) is 6.33 Å². The molecule has 12 heteroatoms. The number of ether oxygens (including phenoxy) is 2. The molecule has 2 aliphatic rings. The number of aryl methyl sites for hydroxylation is 1. The molecule has 0 atom stereocenters. The minimum atomic E-state index is -2.64. The van der Waals surface area contributed by atoms with Gasteiger partial charge in [-0.15, -0.1) is 10.2 Å². The van der Waals surface area contributed by atoms with E-state index in [-0.39, 0.29) is 19.4 Å². The number of halogens is 2. The molecule has 1 saturated carbocycles. The SMILES string of the molecule is Cc1cc(Nc2ncnc3ccc(CC4=NC5(CO4)CC(F)(F)C5)cc23)ccc1Oc1cc2nncn2cn1. The van der Waals surface area contributed by atoms with Crippen LogP contribution >= 0.6 is 0 Å². The molecule has 10 nitrogen and oxygen atoms in total. The van der Waals surface area contributed by atoms with Crippen molar-refractivity contribution in [3.05, 3.63) is 72.6 Å². The first-order chi connectivity index (χ1) is 18.8. The lowest BCUT2D eigenvalue weighted by molar-refractivity contribution is -0.125. The maximum atomic E-state index is 13.4. The van der Waals surface area contributed by atoms with Crippen LogP contribution in [-0.4, -0.2) is 53.5 Å². The van der Waals surface area contributed by atoms with Gasteiger partial charge in [0.05, 0.1) is 5.52 Å². The highest BCUT2D eigenvalue weighted by atomic mass is 19.3. The summed E-state index contributed by atoms with van der Waals surface area (Å²) >= 11 is 0. The number of nitrogens with zero attached hydrogens (tertiary/aromatic N) is 7. The Morgan fingerprint density at radius 1 is 1.05 bits per heavy atom. The summed E-state index contributed by atoms with van der Waals surface area (Å²) < 4.78 is 40.2. The van der Waals surface area contributed by atoms with Gasteiger partial charge in [-0.05, 0) is 48.4 Å². The van der Waals surface area contributed by atoms with E-state index in [1.54, 1.807) is 23.1 Å². The Morgan fingerprint density at radius 3 is 2.79 bits per heavy atom. The number of alkyl halides is 2. The lowest BCUT2D eigenvalue weighted by atomic mass is 9.75. The largest absolute Gasteiger partial charge is 0.478 e. The molecule has 1 aliphatic carbocycles. The number of nitrogens with one attached hydrogen (secondary N) is 1. The molecule has 4 heterocycles. The van der Waals surface area contributed by atoms with Gasteiger partial charge in [-0.25, -0.2) is 28.7 Å². The van der Waals surface area contributed by atoms with Crippen molar-refractivity contribution in [1.82, 2.24) is 29.5 Å². The summed E-state index contributed by atoms with van der Waals surface area (Å²) in [5, 5.41) is 12.1. The lowest BCUT2D eigenvalue weighted by Crippen LogP contribution is -2.51. The Morgan fingerprint density at radius 2 is 1.95 bits per heavy atom. The molecule has 3 aromatic heterocycles. The third-order valence-electron chi connectivity index (χ3n) is 6.91. The Balaban J connectivity index is 1.10. The minimum Gasteiger partial charge on any atom is -0.478 e. The van der Waals surface area contributed by atoms with Crippen molar-refractivity contribution in [3.63, 3.8) is 0 Å². The average molecular weight is 529 g/mol. The van der Waals surface area contributed by atoms with Crippen molar-refractivity contribution >= 4 is 34.0 Å². The van der Waals surface area contributed by atoms with Gasteiger partial charge in [-0.2, -0.15) is 0 Å². The smallest absolute Gasteiger partial charge is 0.253 e. The predicted molar refractivity (Wildman–Crippen MR) is 139 cm³/mol. The maximum absolute atomic E-state index is 13.4. The number of fused-ring (bicyclic) bond motifs is 2. The zero-order valence-corrected chi connectivity index (χ0v) is 20.8. The van der Waals surface area contributed by atoms with Gasteiger partial charge >= 0.3 is 0 Å². The van der Waals surface area contributed by atoms with Crippen molar-refractivity contribution in [2.24, 2.45) is 4.99 Å². The van der Waals surface area contributed by atoms with Gasteiger partial charge in [0.1, 0.15) is 42.7 Å². The molecule has 1 N–H and O–H groups in total. The summed E-state index contributed by atoms with van der Waals surface area (Å²) in [5.41, 5.74) is 3.29. The zero-order valence-electron chi connectivity index (χ0n) is 20.8. The van der Waals surface area contributed by atoms with Gasteiger partial charge in [0, 0.05) is 36.4 Å². The Hall–Kier alpha value is -4.74. The van der Waals surface area contributed by atoms with Gasteiger partial charge in [0.25, 0.3) is 5.92 Å². The highest BCUT2D eigenvalue weighted by Crippen LogP contribution is 2.50. The molecule has 0 unspecified atom stereocenters. The quantitative estimate of drug-likeness (QED) is 0.326. The summed E-state index contributed by atoms with van der Waals surface area (Å²) in [6, 6.07) is 13.2. The Labute approximate surface area is 220 Å². The molecular weight excluding hydrogens is 506 g/mol. The summed E-state index contributed by atoms with van der Waals surface area (Å²) in [7, 11) is 0. The van der Waals surface area contributed by atoms with Crippen LogP contribution in [0.3, 0.4) is 0 Å². The first-order valence-corrected chi connectivity index (χ1v) is 12.4. The number of anilines is 2. The molecular formula is C27H22F2N8O2. The van der Waals surface area contributed by atoms with Crippen LogP contribution in [0.25, 0.3) is 16.6 Å². The number of benzene rings is 2. The summed E-state index contributed by atoms with van der Waals surface area (Å²) in [6.07, 6.45) is 4.59. The topological polar surface area (TPSA) is 112 Å². The van der Waals surface area contributed by atoms with E-state index in [0.717, 1.165) is 27.7 Å². The third-order valence-corrected chi connectivity index (χ3v) is 6.91. The molecule has 0 radical (unpaired) electrons. The molecule has 5 aromatic rings. The highest BCUT2D eigenvalue weighted by molar-refractivity contribution is 5.92. The van der Waals surface area contributed by atoms with Gasteiger partial charge < -0.3 is 14.8 Å². The molecule has 7 rings (SSSR count). The van der Waals surface area contributed by atoms with E-state index in [2.05, 4.69) is 35.5 Å². The molecule has 1 aliphatic heterocycles. The normalized spacial score (nSPS) is 17.2. The van der Waals surface area contributed by atoms with Crippen molar-refractivity contribution < 1.29 is 18.3 Å². The fraction of sp³-hybridized carbons (Fsp3) is 0.259. The zero-order chi connectivity index (χ0) is 26.6. The molecule has 0 amide bonds. The van der Waals surface area contributed by atoms with E-state index >= 15 is 0 Å². The highest BCUT2D eigenvalue weighted by Gasteiger charge is 2.59. The number of aliphatic imine (C=N–C) groups is 1. The number of aromatic nitrogens is 6. The van der Waals surface area contributed by atoms with Crippen molar-refractivity contribution in [1.29, 1.82) is 0 Å². The average Bonchev–Trinajstić information content (AvgIpc) is 3.52. The number of hydrogen-bond acceptors (Lipinski definition) is 9. The van der Waals surface area contributed by atoms with E-state index in [1.807, 2.05) is 43.3 Å². The Bertz CT molecular complexity index is 1760. The molecule has 196 valence electrons. The number of rotatable bonds is 6. The second-order valence-electron chi connectivity index (χ2n) is 10.0. The van der Waals surface area contributed by atoms with Crippen LogP contribution in [0.2, 0.25) is 0 Å². The molecule has 0 saturated heterocycles. The maximum Gasteiger partial charge on any atom is 0.253 e. The summed E-state index contributed by atoms with van der Waals surface area (Å²) in [5.74, 6) is -0.444. The lowest BCUT2D eigenvalue weighted by Gasteiger charge is -2.40. The first-order valence-electron chi connectivity index (χ1n) is 12.4. The van der Waals surface area contributed by atoms with Gasteiger partial charge in [0.15, 0.2) is 11.5 Å². The monoisotopic (exact) mass is 528 g/mol. The van der Waals surface area contributed by atoms with Crippen LogP contribution < -0.4 is 10.1 Å². The van der Waals surface area contributed by atoms with Gasteiger partial charge in [0.2, 0.25) is 5.88 Å². The van der Waals surface area contributed by atoms with Crippen LogP contribution in [0.5, 0.6) is 11.6 Å². The van der Waals surface area contributed by atoms with Gasteiger partial charge in [-0.3, -0.25) is 4.40 Å². The van der Waals surface area contributed by atoms with Crippen molar-refractivity contribution in [2.45, 2.75) is 37.6 Å². The molecule has 2 aromatic carbocycles. The third kappa shape index (κ3) is 4.47. The minimum absolute atomic E-state index is 0.214. The van der Waals surface area contributed by atoms with Crippen molar-refractivity contribution in [3.8, 4) is 11.6 Å².